The molecule has 2 unspecified atom stereocenters. The van der Waals surface area contributed by atoms with E-state index < -0.39 is 23.5 Å². The van der Waals surface area contributed by atoms with Gasteiger partial charge in [0.25, 0.3) is 5.91 Å². The lowest BCUT2D eigenvalue weighted by Crippen LogP contribution is -2.48. The number of piperazine rings is 1. The summed E-state index contributed by atoms with van der Waals surface area (Å²) in [6.07, 6.45) is 2.08. The largest absolute Gasteiger partial charge is 0.369 e. The van der Waals surface area contributed by atoms with Crippen molar-refractivity contribution in [2.45, 2.75) is 25.3 Å². The molecule has 7 nitrogen and oxygen atoms in total. The molecular weight excluding hydrogens is 327 g/mol. The standard InChI is InChI=1S/C17H21FN4O3/c18-13-8-10(22-7-6-20-9-15(22)23)4-5-11(13)17(25)21-14-3-1-2-12(14)16(19)24/h4-5,8,12,14,20H,1-3,6-7,9H2,(H2,19,24)(H,21,25). The number of halogens is 1. The number of hydrogen-bond donors (Lipinski definition) is 3. The number of nitrogens with zero attached hydrogens (tertiary/aromatic N) is 1. The fourth-order valence-electron chi connectivity index (χ4n) is 3.45. The van der Waals surface area contributed by atoms with Crippen LogP contribution in [0.25, 0.3) is 0 Å². The second-order valence-corrected chi connectivity index (χ2v) is 6.41. The number of anilines is 1. The van der Waals surface area contributed by atoms with Crippen LogP contribution < -0.4 is 21.3 Å². The van der Waals surface area contributed by atoms with Gasteiger partial charge in [0.1, 0.15) is 5.82 Å². The zero-order valence-electron chi connectivity index (χ0n) is 13.8. The molecule has 1 aromatic rings. The van der Waals surface area contributed by atoms with Gasteiger partial charge in [-0.05, 0) is 31.0 Å². The van der Waals surface area contributed by atoms with Crippen LogP contribution in [0.2, 0.25) is 0 Å². The van der Waals surface area contributed by atoms with Gasteiger partial charge >= 0.3 is 0 Å². The molecule has 1 aliphatic carbocycles. The Hall–Kier alpha value is -2.48. The lowest BCUT2D eigenvalue weighted by atomic mass is 10.0. The summed E-state index contributed by atoms with van der Waals surface area (Å²) in [5.41, 5.74) is 5.66. The van der Waals surface area contributed by atoms with Crippen molar-refractivity contribution in [3.63, 3.8) is 0 Å². The summed E-state index contributed by atoms with van der Waals surface area (Å²) < 4.78 is 14.4. The molecule has 3 rings (SSSR count). The highest BCUT2D eigenvalue weighted by atomic mass is 19.1. The molecule has 1 saturated carbocycles. The number of carbonyl (C=O) groups is 3. The van der Waals surface area contributed by atoms with Gasteiger partial charge in [-0.15, -0.1) is 0 Å². The van der Waals surface area contributed by atoms with Crippen molar-refractivity contribution in [1.82, 2.24) is 10.6 Å². The molecule has 0 spiro atoms. The third-order valence-corrected chi connectivity index (χ3v) is 4.80. The van der Waals surface area contributed by atoms with Gasteiger partial charge < -0.3 is 21.3 Å². The minimum absolute atomic E-state index is 0.110. The van der Waals surface area contributed by atoms with Crippen molar-refractivity contribution in [2.24, 2.45) is 11.7 Å². The third-order valence-electron chi connectivity index (χ3n) is 4.80. The summed E-state index contributed by atoms with van der Waals surface area (Å²) >= 11 is 0. The minimum atomic E-state index is -0.699. The second-order valence-electron chi connectivity index (χ2n) is 6.41. The first-order valence-electron chi connectivity index (χ1n) is 8.38. The van der Waals surface area contributed by atoms with Gasteiger partial charge in [-0.3, -0.25) is 14.4 Å². The highest BCUT2D eigenvalue weighted by molar-refractivity contribution is 5.98. The summed E-state index contributed by atoms with van der Waals surface area (Å²) in [4.78, 5) is 37.1. The summed E-state index contributed by atoms with van der Waals surface area (Å²) in [5, 5.41) is 5.65. The van der Waals surface area contributed by atoms with E-state index in [9.17, 15) is 18.8 Å². The first-order valence-corrected chi connectivity index (χ1v) is 8.38. The zero-order chi connectivity index (χ0) is 18.0. The Bertz CT molecular complexity index is 709. The van der Waals surface area contributed by atoms with Crippen molar-refractivity contribution in [3.8, 4) is 0 Å². The maximum atomic E-state index is 14.4. The highest BCUT2D eigenvalue weighted by Crippen LogP contribution is 2.26. The summed E-state index contributed by atoms with van der Waals surface area (Å²) in [7, 11) is 0. The molecule has 0 bridgehead atoms. The van der Waals surface area contributed by atoms with Crippen LogP contribution in [0.3, 0.4) is 0 Å². The normalized spacial score (nSPS) is 23.6. The third kappa shape index (κ3) is 3.63. The Morgan fingerprint density at radius 1 is 1.32 bits per heavy atom. The SMILES string of the molecule is NC(=O)C1CCCC1NC(=O)c1ccc(N2CCNCC2=O)cc1F. The maximum Gasteiger partial charge on any atom is 0.254 e. The van der Waals surface area contributed by atoms with Crippen LogP contribution in [0.4, 0.5) is 10.1 Å². The van der Waals surface area contributed by atoms with Crippen LogP contribution in [0, 0.1) is 11.7 Å². The van der Waals surface area contributed by atoms with E-state index in [1.807, 2.05) is 0 Å². The van der Waals surface area contributed by atoms with Gasteiger partial charge in [-0.1, -0.05) is 6.42 Å². The Labute approximate surface area is 144 Å². The fraction of sp³-hybridized carbons (Fsp3) is 0.471. The van der Waals surface area contributed by atoms with E-state index in [4.69, 9.17) is 5.73 Å². The Morgan fingerprint density at radius 3 is 2.80 bits per heavy atom. The fourth-order valence-corrected chi connectivity index (χ4v) is 3.45. The maximum absolute atomic E-state index is 14.4. The number of hydrogen-bond acceptors (Lipinski definition) is 4. The predicted octanol–water partition coefficient (Wildman–Crippen LogP) is 0.146. The molecule has 8 heteroatoms. The Morgan fingerprint density at radius 2 is 2.12 bits per heavy atom. The molecule has 1 aromatic carbocycles. The van der Waals surface area contributed by atoms with E-state index in [2.05, 4.69) is 10.6 Å². The van der Waals surface area contributed by atoms with Crippen molar-refractivity contribution in [2.75, 3.05) is 24.5 Å². The molecular formula is C17H21FN4O3. The van der Waals surface area contributed by atoms with Crippen LogP contribution in [0.5, 0.6) is 0 Å². The number of rotatable bonds is 4. The monoisotopic (exact) mass is 348 g/mol. The molecule has 25 heavy (non-hydrogen) atoms. The molecule has 4 N–H and O–H groups in total. The van der Waals surface area contributed by atoms with E-state index in [1.54, 1.807) is 6.07 Å². The molecule has 1 aliphatic heterocycles. The molecule has 2 atom stereocenters. The van der Waals surface area contributed by atoms with E-state index in [0.717, 1.165) is 6.42 Å². The molecule has 0 radical (unpaired) electrons. The summed E-state index contributed by atoms with van der Waals surface area (Å²) in [5.74, 6) is -2.28. The molecule has 1 saturated heterocycles. The summed E-state index contributed by atoms with van der Waals surface area (Å²) in [6, 6.07) is 3.75. The van der Waals surface area contributed by atoms with Gasteiger partial charge in [0.15, 0.2) is 0 Å². The average Bonchev–Trinajstić information content (AvgIpc) is 3.03. The lowest BCUT2D eigenvalue weighted by Gasteiger charge is -2.27. The van der Waals surface area contributed by atoms with Gasteiger partial charge in [-0.2, -0.15) is 0 Å². The molecule has 0 aromatic heterocycles. The van der Waals surface area contributed by atoms with Crippen molar-refractivity contribution >= 4 is 23.4 Å². The number of nitrogens with one attached hydrogen (secondary N) is 2. The average molecular weight is 348 g/mol. The molecule has 3 amide bonds. The Kier molecular flexibility index (Phi) is 4.98. The van der Waals surface area contributed by atoms with Crippen LogP contribution in [0.1, 0.15) is 29.6 Å². The van der Waals surface area contributed by atoms with Crippen LogP contribution >= 0.6 is 0 Å². The minimum Gasteiger partial charge on any atom is -0.369 e. The van der Waals surface area contributed by atoms with E-state index >= 15 is 0 Å². The number of carbonyl (C=O) groups excluding carboxylic acids is 3. The van der Waals surface area contributed by atoms with E-state index in [-0.39, 0.29) is 24.1 Å². The van der Waals surface area contributed by atoms with E-state index in [1.165, 1.54) is 17.0 Å². The van der Waals surface area contributed by atoms with Crippen LogP contribution in [-0.2, 0) is 9.59 Å². The number of primary amides is 1. The summed E-state index contributed by atoms with van der Waals surface area (Å²) in [6.45, 7) is 1.29. The van der Waals surface area contributed by atoms with Crippen LogP contribution in [-0.4, -0.2) is 43.4 Å². The number of nitrogens with two attached hydrogens (primary N) is 1. The zero-order valence-corrected chi connectivity index (χ0v) is 13.8. The van der Waals surface area contributed by atoms with Gasteiger partial charge in [0.2, 0.25) is 11.8 Å². The number of benzene rings is 1. The quantitative estimate of drug-likeness (QED) is 0.720. The molecule has 134 valence electrons. The smallest absolute Gasteiger partial charge is 0.254 e. The number of amides is 3. The van der Waals surface area contributed by atoms with Gasteiger partial charge in [0.05, 0.1) is 18.0 Å². The van der Waals surface area contributed by atoms with Crippen molar-refractivity contribution in [1.29, 1.82) is 0 Å². The van der Waals surface area contributed by atoms with Crippen molar-refractivity contribution < 1.29 is 18.8 Å². The molecule has 1 heterocycles. The molecule has 2 fully saturated rings. The van der Waals surface area contributed by atoms with Gasteiger partial charge in [0, 0.05) is 24.8 Å². The van der Waals surface area contributed by atoms with E-state index in [0.29, 0.717) is 31.6 Å². The Balaban J connectivity index is 1.73. The lowest BCUT2D eigenvalue weighted by molar-refractivity contribution is -0.122. The predicted molar refractivity (Wildman–Crippen MR) is 89.4 cm³/mol. The van der Waals surface area contributed by atoms with Gasteiger partial charge in [-0.25, -0.2) is 4.39 Å². The highest BCUT2D eigenvalue weighted by Gasteiger charge is 2.33. The first-order chi connectivity index (χ1) is 12.0. The van der Waals surface area contributed by atoms with Crippen LogP contribution in [0.15, 0.2) is 18.2 Å². The second kappa shape index (κ2) is 7.18. The molecule has 2 aliphatic rings. The first kappa shape index (κ1) is 17.3. The topological polar surface area (TPSA) is 105 Å². The van der Waals surface area contributed by atoms with Crippen molar-refractivity contribution in [3.05, 3.63) is 29.6 Å².